The van der Waals surface area contributed by atoms with E-state index in [0.717, 1.165) is 23.4 Å². The van der Waals surface area contributed by atoms with Gasteiger partial charge in [0.15, 0.2) is 0 Å². The highest BCUT2D eigenvalue weighted by atomic mass is 35.5. The van der Waals surface area contributed by atoms with Crippen molar-refractivity contribution in [1.82, 2.24) is 4.90 Å². The second-order valence-electron chi connectivity index (χ2n) is 6.87. The zero-order valence-corrected chi connectivity index (χ0v) is 16.8. The molecule has 0 aliphatic heterocycles. The molecule has 0 saturated heterocycles. The van der Waals surface area contributed by atoms with E-state index in [2.05, 4.69) is 4.90 Å². The summed E-state index contributed by atoms with van der Waals surface area (Å²) < 4.78 is 10.3. The number of allylic oxidation sites excluding steroid dienone is 1. The highest BCUT2D eigenvalue weighted by Gasteiger charge is 2.42. The Morgan fingerprint density at radius 3 is 2.77 bits per heavy atom. The van der Waals surface area contributed by atoms with Gasteiger partial charge in [0.05, 0.1) is 19.3 Å². The van der Waals surface area contributed by atoms with E-state index in [9.17, 15) is 9.90 Å². The minimum Gasteiger partial charge on any atom is -0.497 e. The third kappa shape index (κ3) is 5.47. The number of nitrogens with zero attached hydrogens (tertiary/aromatic N) is 1. The topological polar surface area (TPSA) is 59.0 Å². The van der Waals surface area contributed by atoms with E-state index in [1.165, 1.54) is 0 Å². The first-order chi connectivity index (χ1) is 11.9. The Kier molecular flexibility index (Phi) is 8.60. The summed E-state index contributed by atoms with van der Waals surface area (Å²) in [5.41, 5.74) is 0.969. The SMILES string of the molecule is CCOC(=O)/C=C1/CCC(O)(c2cccc(OC)c2)C(CN(C)C)C1.Cl. The van der Waals surface area contributed by atoms with Crippen LogP contribution >= 0.6 is 12.4 Å². The van der Waals surface area contributed by atoms with Crippen LogP contribution < -0.4 is 4.74 Å². The van der Waals surface area contributed by atoms with Crippen molar-refractivity contribution in [1.29, 1.82) is 0 Å². The fraction of sp³-hybridized carbons (Fsp3) is 0.550. The molecule has 1 fully saturated rings. The first-order valence-corrected chi connectivity index (χ1v) is 8.77. The predicted octanol–water partition coefficient (Wildman–Crippen LogP) is 3.16. The van der Waals surface area contributed by atoms with E-state index in [1.54, 1.807) is 20.1 Å². The molecule has 2 rings (SSSR count). The molecule has 6 heteroatoms. The summed E-state index contributed by atoms with van der Waals surface area (Å²) in [7, 11) is 5.62. The molecule has 146 valence electrons. The molecule has 0 heterocycles. The lowest BCUT2D eigenvalue weighted by Crippen LogP contribution is -2.43. The van der Waals surface area contributed by atoms with Gasteiger partial charge in [-0.2, -0.15) is 0 Å². The molecule has 0 aromatic heterocycles. The quantitative estimate of drug-likeness (QED) is 0.604. The summed E-state index contributed by atoms with van der Waals surface area (Å²) in [4.78, 5) is 13.8. The maximum Gasteiger partial charge on any atom is 0.330 e. The monoisotopic (exact) mass is 383 g/mol. The van der Waals surface area contributed by atoms with Crippen molar-refractivity contribution < 1.29 is 19.4 Å². The summed E-state index contributed by atoms with van der Waals surface area (Å²) in [5, 5.41) is 11.5. The Labute approximate surface area is 162 Å². The molecular weight excluding hydrogens is 354 g/mol. The molecule has 1 saturated carbocycles. The van der Waals surface area contributed by atoms with Gasteiger partial charge in [0, 0.05) is 18.5 Å². The summed E-state index contributed by atoms with van der Waals surface area (Å²) in [5.74, 6) is 0.430. The van der Waals surface area contributed by atoms with E-state index in [1.807, 2.05) is 38.4 Å². The Balaban J connectivity index is 0.00000338. The van der Waals surface area contributed by atoms with Crippen LogP contribution in [0.3, 0.4) is 0 Å². The normalized spacial score (nSPS) is 24.2. The van der Waals surface area contributed by atoms with Crippen LogP contribution in [0.25, 0.3) is 0 Å². The van der Waals surface area contributed by atoms with Gasteiger partial charge in [-0.25, -0.2) is 4.79 Å². The number of carbonyl (C=O) groups excluding carboxylic acids is 1. The first-order valence-electron chi connectivity index (χ1n) is 8.77. The summed E-state index contributed by atoms with van der Waals surface area (Å²) in [6, 6.07) is 7.64. The smallest absolute Gasteiger partial charge is 0.330 e. The molecule has 0 amide bonds. The predicted molar refractivity (Wildman–Crippen MR) is 105 cm³/mol. The maximum atomic E-state index is 11.8. The van der Waals surface area contributed by atoms with Crippen molar-refractivity contribution in [3.63, 3.8) is 0 Å². The Morgan fingerprint density at radius 2 is 2.15 bits per heavy atom. The molecule has 26 heavy (non-hydrogen) atoms. The number of hydrogen-bond donors (Lipinski definition) is 1. The molecule has 0 bridgehead atoms. The minimum atomic E-state index is -0.940. The largest absolute Gasteiger partial charge is 0.497 e. The summed E-state index contributed by atoms with van der Waals surface area (Å²) >= 11 is 0. The second-order valence-corrected chi connectivity index (χ2v) is 6.87. The molecule has 2 atom stereocenters. The highest BCUT2D eigenvalue weighted by molar-refractivity contribution is 5.85. The zero-order valence-electron chi connectivity index (χ0n) is 16.0. The number of halogens is 1. The van der Waals surface area contributed by atoms with Crippen LogP contribution in [0.1, 0.15) is 31.7 Å². The summed E-state index contributed by atoms with van der Waals surface area (Å²) in [6.07, 6.45) is 3.52. The number of hydrogen-bond acceptors (Lipinski definition) is 5. The fourth-order valence-corrected chi connectivity index (χ4v) is 3.55. The highest BCUT2D eigenvalue weighted by Crippen LogP contribution is 2.44. The Hall–Kier alpha value is -1.56. The van der Waals surface area contributed by atoms with Gasteiger partial charge in [0.1, 0.15) is 5.75 Å². The number of esters is 1. The number of aliphatic hydroxyl groups is 1. The lowest BCUT2D eigenvalue weighted by molar-refractivity contribution is -0.137. The van der Waals surface area contributed by atoms with Crippen molar-refractivity contribution in [3.05, 3.63) is 41.5 Å². The Bertz CT molecular complexity index is 632. The first kappa shape index (κ1) is 22.5. The van der Waals surface area contributed by atoms with Crippen LogP contribution in [0.5, 0.6) is 5.75 Å². The molecular formula is C20H30ClNO4. The second kappa shape index (κ2) is 9.95. The maximum absolute atomic E-state index is 11.8. The van der Waals surface area contributed by atoms with E-state index < -0.39 is 5.60 Å². The molecule has 5 nitrogen and oxygen atoms in total. The third-order valence-electron chi connectivity index (χ3n) is 4.77. The number of methoxy groups -OCH3 is 1. The molecule has 1 aromatic carbocycles. The van der Waals surface area contributed by atoms with Crippen molar-refractivity contribution in [2.75, 3.05) is 34.4 Å². The van der Waals surface area contributed by atoms with Crippen LogP contribution in [0.2, 0.25) is 0 Å². The van der Waals surface area contributed by atoms with Crippen molar-refractivity contribution >= 4 is 18.4 Å². The standard InChI is InChI=1S/C20H29NO4.ClH/c1-5-25-19(22)12-15-9-10-20(23,17(11-15)14-21(2)3)16-7-6-8-18(13-16)24-4;/h6-8,12-13,17,23H,5,9-11,14H2,1-4H3;1H/b15-12-;. The number of carbonyl (C=O) groups is 1. The molecule has 1 N–H and O–H groups in total. The van der Waals surface area contributed by atoms with Crippen molar-refractivity contribution in [2.24, 2.45) is 5.92 Å². The van der Waals surface area contributed by atoms with Gasteiger partial charge >= 0.3 is 5.97 Å². The van der Waals surface area contributed by atoms with Crippen LogP contribution in [0.15, 0.2) is 35.9 Å². The average Bonchev–Trinajstić information content (AvgIpc) is 2.58. The molecule has 1 aromatic rings. The third-order valence-corrected chi connectivity index (χ3v) is 4.77. The average molecular weight is 384 g/mol. The van der Waals surface area contributed by atoms with Gasteiger partial charge in [0.25, 0.3) is 0 Å². The lowest BCUT2D eigenvalue weighted by atomic mass is 9.69. The van der Waals surface area contributed by atoms with E-state index in [0.29, 0.717) is 25.9 Å². The molecule has 2 unspecified atom stereocenters. The van der Waals surface area contributed by atoms with E-state index in [-0.39, 0.29) is 24.3 Å². The van der Waals surface area contributed by atoms with Gasteiger partial charge in [-0.1, -0.05) is 17.7 Å². The lowest BCUT2D eigenvalue weighted by Gasteiger charge is -2.42. The van der Waals surface area contributed by atoms with E-state index in [4.69, 9.17) is 9.47 Å². The van der Waals surface area contributed by atoms with Crippen LogP contribution in [0, 0.1) is 5.92 Å². The molecule has 1 aliphatic rings. The fourth-order valence-electron chi connectivity index (χ4n) is 3.55. The van der Waals surface area contributed by atoms with Crippen molar-refractivity contribution in [3.8, 4) is 5.75 Å². The van der Waals surface area contributed by atoms with Gasteiger partial charge < -0.3 is 19.5 Å². The minimum absolute atomic E-state index is 0. The van der Waals surface area contributed by atoms with Crippen LogP contribution in [0.4, 0.5) is 0 Å². The van der Waals surface area contributed by atoms with E-state index >= 15 is 0 Å². The number of benzene rings is 1. The zero-order chi connectivity index (χ0) is 18.4. The number of rotatable bonds is 6. The van der Waals surface area contributed by atoms with Gasteiger partial charge in [-0.15, -0.1) is 12.4 Å². The molecule has 0 radical (unpaired) electrons. The van der Waals surface area contributed by atoms with Gasteiger partial charge in [-0.05, 0) is 58.0 Å². The summed E-state index contributed by atoms with van der Waals surface area (Å²) in [6.45, 7) is 2.90. The van der Waals surface area contributed by atoms with Gasteiger partial charge in [0.2, 0.25) is 0 Å². The Morgan fingerprint density at radius 1 is 1.42 bits per heavy atom. The van der Waals surface area contributed by atoms with Crippen molar-refractivity contribution in [2.45, 2.75) is 31.8 Å². The van der Waals surface area contributed by atoms with Crippen LogP contribution in [-0.4, -0.2) is 50.3 Å². The molecule has 1 aliphatic carbocycles. The number of ether oxygens (including phenoxy) is 2. The molecule has 0 spiro atoms. The van der Waals surface area contributed by atoms with Crippen LogP contribution in [-0.2, 0) is 15.1 Å². The van der Waals surface area contributed by atoms with Gasteiger partial charge in [-0.3, -0.25) is 0 Å².